The molecule has 1 atom stereocenters. The molecule has 2 N–H and O–H groups in total. The Hall–Kier alpha value is -0.610. The summed E-state index contributed by atoms with van der Waals surface area (Å²) in [6.07, 6.45) is -0.312. The van der Waals surface area contributed by atoms with Crippen LogP contribution in [0.3, 0.4) is 0 Å². The van der Waals surface area contributed by atoms with Crippen LogP contribution < -0.4 is 5.32 Å². The first kappa shape index (κ1) is 12.4. The maximum absolute atomic E-state index is 10.7. The molecule has 0 saturated carbocycles. The molecule has 0 aromatic rings. The van der Waals surface area contributed by atoms with Crippen LogP contribution in [0.5, 0.6) is 0 Å². The Morgan fingerprint density at radius 2 is 2.08 bits per heavy atom. The standard InChI is InChI=1S/C9H19NO3/c1-9(2,3)5-6-10-7(11)8(12)13-4/h7,10-11H,5-6H2,1-4H3/t7-/m0/s1. The number of aliphatic hydroxyl groups excluding tert-OH is 1. The van der Waals surface area contributed by atoms with Gasteiger partial charge in [0.25, 0.3) is 0 Å². The Labute approximate surface area is 79.3 Å². The van der Waals surface area contributed by atoms with Crippen molar-refractivity contribution >= 4 is 5.97 Å². The van der Waals surface area contributed by atoms with Crippen molar-refractivity contribution in [2.45, 2.75) is 33.4 Å². The van der Waals surface area contributed by atoms with Crippen molar-refractivity contribution in [2.75, 3.05) is 13.7 Å². The molecule has 0 fully saturated rings. The summed E-state index contributed by atoms with van der Waals surface area (Å²) >= 11 is 0. The number of carbonyl (C=O) groups is 1. The van der Waals surface area contributed by atoms with Crippen LogP contribution in [0.15, 0.2) is 0 Å². The normalized spacial score (nSPS) is 13.9. The lowest BCUT2D eigenvalue weighted by atomic mass is 9.92. The van der Waals surface area contributed by atoms with Crippen molar-refractivity contribution in [3.63, 3.8) is 0 Å². The molecule has 0 aromatic heterocycles. The second kappa shape index (κ2) is 5.19. The number of ether oxygens (including phenoxy) is 1. The molecule has 0 aliphatic rings. The molecule has 0 aromatic carbocycles. The number of hydrogen-bond donors (Lipinski definition) is 2. The van der Waals surface area contributed by atoms with Gasteiger partial charge in [-0.25, -0.2) is 4.79 Å². The van der Waals surface area contributed by atoms with Crippen molar-refractivity contribution < 1.29 is 14.6 Å². The van der Waals surface area contributed by atoms with Gasteiger partial charge in [-0.2, -0.15) is 0 Å². The molecular formula is C9H19NO3. The van der Waals surface area contributed by atoms with Gasteiger partial charge in [-0.1, -0.05) is 20.8 Å². The minimum absolute atomic E-state index is 0.197. The molecule has 78 valence electrons. The Morgan fingerprint density at radius 1 is 1.54 bits per heavy atom. The van der Waals surface area contributed by atoms with E-state index in [0.29, 0.717) is 6.54 Å². The van der Waals surface area contributed by atoms with E-state index in [1.165, 1.54) is 7.11 Å². The highest BCUT2D eigenvalue weighted by Gasteiger charge is 2.15. The zero-order valence-corrected chi connectivity index (χ0v) is 8.76. The predicted molar refractivity (Wildman–Crippen MR) is 50.1 cm³/mol. The number of hydrogen-bond acceptors (Lipinski definition) is 4. The number of methoxy groups -OCH3 is 1. The minimum Gasteiger partial charge on any atom is -0.466 e. The molecule has 0 aliphatic carbocycles. The fourth-order valence-corrected chi connectivity index (χ4v) is 0.779. The zero-order valence-electron chi connectivity index (χ0n) is 8.76. The highest BCUT2D eigenvalue weighted by molar-refractivity contribution is 5.73. The number of esters is 1. The topological polar surface area (TPSA) is 58.6 Å². The summed E-state index contributed by atoms with van der Waals surface area (Å²) < 4.78 is 4.34. The van der Waals surface area contributed by atoms with Gasteiger partial charge in [-0.3, -0.25) is 5.32 Å². The molecule has 0 aliphatic heterocycles. The molecule has 0 radical (unpaired) electrons. The van der Waals surface area contributed by atoms with Gasteiger partial charge in [0.1, 0.15) is 0 Å². The second-order valence-electron chi connectivity index (χ2n) is 4.19. The first-order valence-electron chi connectivity index (χ1n) is 4.36. The van der Waals surface area contributed by atoms with Crippen molar-refractivity contribution in [3.05, 3.63) is 0 Å². The van der Waals surface area contributed by atoms with Gasteiger partial charge >= 0.3 is 5.97 Å². The summed E-state index contributed by atoms with van der Waals surface area (Å²) in [7, 11) is 1.25. The Morgan fingerprint density at radius 3 is 2.46 bits per heavy atom. The highest BCUT2D eigenvalue weighted by Crippen LogP contribution is 2.16. The van der Waals surface area contributed by atoms with E-state index in [1.54, 1.807) is 0 Å². The van der Waals surface area contributed by atoms with Crippen LogP contribution in [-0.2, 0) is 9.53 Å². The summed E-state index contributed by atoms with van der Waals surface area (Å²) in [5, 5.41) is 11.8. The van der Waals surface area contributed by atoms with E-state index in [-0.39, 0.29) is 5.41 Å². The van der Waals surface area contributed by atoms with Gasteiger partial charge in [0.2, 0.25) is 6.23 Å². The molecule has 13 heavy (non-hydrogen) atoms. The first-order valence-corrected chi connectivity index (χ1v) is 4.36. The van der Waals surface area contributed by atoms with E-state index >= 15 is 0 Å². The average Bonchev–Trinajstić information content (AvgIpc) is 2.00. The SMILES string of the molecule is COC(=O)[C@H](O)NCCC(C)(C)C. The third kappa shape index (κ3) is 6.54. The number of rotatable bonds is 4. The largest absolute Gasteiger partial charge is 0.466 e. The first-order chi connectivity index (χ1) is 5.87. The second-order valence-corrected chi connectivity index (χ2v) is 4.19. The van der Waals surface area contributed by atoms with Crippen LogP contribution in [-0.4, -0.2) is 31.0 Å². The van der Waals surface area contributed by atoms with Crippen molar-refractivity contribution in [1.29, 1.82) is 0 Å². The molecular weight excluding hydrogens is 170 g/mol. The van der Waals surface area contributed by atoms with E-state index < -0.39 is 12.2 Å². The Kier molecular flexibility index (Phi) is 4.95. The van der Waals surface area contributed by atoms with Crippen LogP contribution in [0.2, 0.25) is 0 Å². The van der Waals surface area contributed by atoms with E-state index in [4.69, 9.17) is 5.11 Å². The smallest absolute Gasteiger partial charge is 0.350 e. The van der Waals surface area contributed by atoms with E-state index in [2.05, 4.69) is 30.8 Å². The van der Waals surface area contributed by atoms with E-state index in [9.17, 15) is 4.79 Å². The summed E-state index contributed by atoms with van der Waals surface area (Å²) in [6.45, 7) is 6.89. The number of nitrogens with one attached hydrogen (secondary N) is 1. The fourth-order valence-electron chi connectivity index (χ4n) is 0.779. The van der Waals surface area contributed by atoms with Crippen molar-refractivity contribution in [3.8, 4) is 0 Å². The summed E-state index contributed by atoms with van der Waals surface area (Å²) in [6, 6.07) is 0. The van der Waals surface area contributed by atoms with Gasteiger partial charge in [0, 0.05) is 0 Å². The van der Waals surface area contributed by atoms with Gasteiger partial charge < -0.3 is 9.84 Å². The molecule has 0 saturated heterocycles. The lowest BCUT2D eigenvalue weighted by Gasteiger charge is -2.19. The maximum Gasteiger partial charge on any atom is 0.350 e. The molecule has 0 heterocycles. The van der Waals surface area contributed by atoms with E-state index in [1.807, 2.05) is 0 Å². The molecule has 0 rings (SSSR count). The van der Waals surface area contributed by atoms with Gasteiger partial charge in [-0.05, 0) is 18.4 Å². The molecule has 4 heteroatoms. The zero-order chi connectivity index (χ0) is 10.5. The maximum atomic E-state index is 10.7. The molecule has 0 bridgehead atoms. The molecule has 0 spiro atoms. The Balaban J connectivity index is 3.59. The van der Waals surface area contributed by atoms with Gasteiger partial charge in [0.05, 0.1) is 7.11 Å². The van der Waals surface area contributed by atoms with Gasteiger partial charge in [-0.15, -0.1) is 0 Å². The van der Waals surface area contributed by atoms with Gasteiger partial charge in [0.15, 0.2) is 0 Å². The lowest BCUT2D eigenvalue weighted by Crippen LogP contribution is -2.38. The van der Waals surface area contributed by atoms with Crippen molar-refractivity contribution in [1.82, 2.24) is 5.32 Å². The summed E-state index contributed by atoms with van der Waals surface area (Å²) in [5.74, 6) is -0.645. The third-order valence-electron chi connectivity index (χ3n) is 1.64. The molecule has 0 unspecified atom stereocenters. The van der Waals surface area contributed by atoms with Crippen LogP contribution in [0, 0.1) is 5.41 Å². The highest BCUT2D eigenvalue weighted by atomic mass is 16.5. The molecule has 4 nitrogen and oxygen atoms in total. The van der Waals surface area contributed by atoms with Crippen LogP contribution in [0.25, 0.3) is 0 Å². The van der Waals surface area contributed by atoms with Crippen LogP contribution >= 0.6 is 0 Å². The van der Waals surface area contributed by atoms with Crippen LogP contribution in [0.4, 0.5) is 0 Å². The minimum atomic E-state index is -1.20. The molecule has 0 amide bonds. The quantitative estimate of drug-likeness (QED) is 0.499. The van der Waals surface area contributed by atoms with Crippen molar-refractivity contribution in [2.24, 2.45) is 5.41 Å². The van der Waals surface area contributed by atoms with E-state index in [0.717, 1.165) is 6.42 Å². The lowest BCUT2D eigenvalue weighted by molar-refractivity contribution is -0.152. The third-order valence-corrected chi connectivity index (χ3v) is 1.64. The Bertz CT molecular complexity index is 163. The number of carbonyl (C=O) groups excluding carboxylic acids is 1. The predicted octanol–water partition coefficient (Wildman–Crippen LogP) is 0.504. The summed E-state index contributed by atoms with van der Waals surface area (Å²) in [5.41, 5.74) is 0.197. The monoisotopic (exact) mass is 189 g/mol. The van der Waals surface area contributed by atoms with Crippen LogP contribution in [0.1, 0.15) is 27.2 Å². The summed E-state index contributed by atoms with van der Waals surface area (Å²) in [4.78, 5) is 10.7. The number of aliphatic hydroxyl groups is 1. The fraction of sp³-hybridized carbons (Fsp3) is 0.889. The average molecular weight is 189 g/mol.